The number of likely N-dealkylation sites (N-methyl/N-ethyl adjacent to an activating group) is 1. The van der Waals surface area contributed by atoms with Crippen molar-refractivity contribution in [2.75, 3.05) is 53.6 Å². The molecule has 0 radical (unpaired) electrons. The first-order valence-corrected chi connectivity index (χ1v) is 7.64. The van der Waals surface area contributed by atoms with Crippen LogP contribution in [0.2, 0.25) is 0 Å². The van der Waals surface area contributed by atoms with Gasteiger partial charge in [0.25, 0.3) is 0 Å². The van der Waals surface area contributed by atoms with E-state index in [2.05, 4.69) is 31.1 Å². The number of rotatable bonds is 9. The van der Waals surface area contributed by atoms with E-state index in [-0.39, 0.29) is 5.41 Å². The summed E-state index contributed by atoms with van der Waals surface area (Å²) in [6, 6.07) is 0.499. The van der Waals surface area contributed by atoms with Gasteiger partial charge < -0.3 is 24.8 Å². The summed E-state index contributed by atoms with van der Waals surface area (Å²) in [5.74, 6) is 0. The van der Waals surface area contributed by atoms with Gasteiger partial charge >= 0.3 is 0 Å². The average Bonchev–Trinajstić information content (AvgIpc) is 2.37. The zero-order valence-corrected chi connectivity index (χ0v) is 13.5. The first-order chi connectivity index (χ1) is 9.47. The Morgan fingerprint density at radius 2 is 2.00 bits per heavy atom. The highest BCUT2D eigenvalue weighted by molar-refractivity contribution is 4.87. The molecule has 0 amide bonds. The minimum atomic E-state index is -0.417. The molecule has 0 bridgehead atoms. The van der Waals surface area contributed by atoms with Gasteiger partial charge in [-0.05, 0) is 25.3 Å². The van der Waals surface area contributed by atoms with Crippen LogP contribution in [-0.2, 0) is 9.47 Å². The molecule has 0 aliphatic carbocycles. The first-order valence-electron chi connectivity index (χ1n) is 7.64. The van der Waals surface area contributed by atoms with Gasteiger partial charge in [0, 0.05) is 46.0 Å². The second-order valence-corrected chi connectivity index (χ2v) is 6.45. The highest BCUT2D eigenvalue weighted by Gasteiger charge is 2.33. The molecule has 0 saturated carbocycles. The van der Waals surface area contributed by atoms with Crippen molar-refractivity contribution in [2.45, 2.75) is 38.8 Å². The van der Waals surface area contributed by atoms with Crippen molar-refractivity contribution in [1.82, 2.24) is 10.2 Å². The lowest BCUT2D eigenvalue weighted by atomic mass is 9.79. The lowest BCUT2D eigenvalue weighted by Crippen LogP contribution is -2.49. The third-order valence-corrected chi connectivity index (χ3v) is 3.93. The maximum Gasteiger partial charge on any atom is 0.0899 e. The molecule has 20 heavy (non-hydrogen) atoms. The van der Waals surface area contributed by atoms with Crippen molar-refractivity contribution in [3.63, 3.8) is 0 Å². The summed E-state index contributed by atoms with van der Waals surface area (Å²) in [6.45, 7) is 9.08. The van der Waals surface area contributed by atoms with E-state index in [0.29, 0.717) is 19.2 Å². The van der Waals surface area contributed by atoms with E-state index in [0.717, 1.165) is 39.1 Å². The lowest BCUT2D eigenvalue weighted by Gasteiger charge is -2.41. The van der Waals surface area contributed by atoms with Gasteiger partial charge in [-0.1, -0.05) is 13.8 Å². The van der Waals surface area contributed by atoms with Crippen LogP contribution in [0.5, 0.6) is 0 Å². The van der Waals surface area contributed by atoms with Crippen molar-refractivity contribution in [3.8, 4) is 0 Å². The number of aliphatic hydroxyl groups excluding tert-OH is 1. The Balaban J connectivity index is 2.50. The molecule has 0 aromatic rings. The van der Waals surface area contributed by atoms with Crippen LogP contribution < -0.4 is 5.32 Å². The number of nitrogens with one attached hydrogen (secondary N) is 1. The SMILES string of the molecule is COCC(O)CN(C)CC1(CNC(C)C)CCOCC1. The van der Waals surface area contributed by atoms with E-state index in [1.54, 1.807) is 7.11 Å². The van der Waals surface area contributed by atoms with Gasteiger partial charge in [0.1, 0.15) is 0 Å². The number of hydrogen-bond donors (Lipinski definition) is 2. The Kier molecular flexibility index (Phi) is 7.99. The van der Waals surface area contributed by atoms with Gasteiger partial charge in [-0.2, -0.15) is 0 Å². The van der Waals surface area contributed by atoms with Gasteiger partial charge in [0.05, 0.1) is 12.7 Å². The molecule has 1 aliphatic heterocycles. The zero-order valence-electron chi connectivity index (χ0n) is 13.5. The highest BCUT2D eigenvalue weighted by atomic mass is 16.5. The van der Waals surface area contributed by atoms with Gasteiger partial charge in [0.2, 0.25) is 0 Å². The van der Waals surface area contributed by atoms with E-state index in [9.17, 15) is 5.11 Å². The van der Waals surface area contributed by atoms with Crippen LogP contribution in [0, 0.1) is 5.41 Å². The molecule has 0 spiro atoms. The molecule has 1 atom stereocenters. The summed E-state index contributed by atoms with van der Waals surface area (Å²) in [5, 5.41) is 13.4. The van der Waals surface area contributed by atoms with Gasteiger partial charge in [-0.25, -0.2) is 0 Å². The molecular formula is C15H32N2O3. The van der Waals surface area contributed by atoms with E-state index in [4.69, 9.17) is 9.47 Å². The maximum atomic E-state index is 9.84. The molecule has 0 aromatic carbocycles. The second kappa shape index (κ2) is 8.95. The molecule has 1 aliphatic rings. The standard InChI is InChI=1S/C15H32N2O3/c1-13(2)16-11-15(5-7-20-8-6-15)12-17(3)9-14(18)10-19-4/h13-14,16,18H,5-12H2,1-4H3. The van der Waals surface area contributed by atoms with Crippen LogP contribution in [-0.4, -0.2) is 75.8 Å². The number of ether oxygens (including phenoxy) is 2. The van der Waals surface area contributed by atoms with Crippen LogP contribution in [0.15, 0.2) is 0 Å². The molecule has 120 valence electrons. The number of hydrogen-bond acceptors (Lipinski definition) is 5. The smallest absolute Gasteiger partial charge is 0.0899 e. The lowest BCUT2D eigenvalue weighted by molar-refractivity contribution is -0.0136. The van der Waals surface area contributed by atoms with Crippen molar-refractivity contribution in [3.05, 3.63) is 0 Å². The fourth-order valence-corrected chi connectivity index (χ4v) is 2.86. The van der Waals surface area contributed by atoms with Gasteiger partial charge in [0.15, 0.2) is 0 Å². The van der Waals surface area contributed by atoms with E-state index in [1.165, 1.54) is 0 Å². The summed E-state index contributed by atoms with van der Waals surface area (Å²) in [6.07, 6.45) is 1.74. The van der Waals surface area contributed by atoms with Gasteiger partial charge in [-0.15, -0.1) is 0 Å². The predicted octanol–water partition coefficient (Wildman–Crippen LogP) is 0.720. The maximum absolute atomic E-state index is 9.84. The van der Waals surface area contributed by atoms with Crippen molar-refractivity contribution in [2.24, 2.45) is 5.41 Å². The summed E-state index contributed by atoms with van der Waals surface area (Å²) in [7, 11) is 3.70. The molecule has 1 fully saturated rings. The largest absolute Gasteiger partial charge is 0.389 e. The third-order valence-electron chi connectivity index (χ3n) is 3.93. The minimum absolute atomic E-state index is 0.254. The summed E-state index contributed by atoms with van der Waals surface area (Å²) >= 11 is 0. The molecule has 1 saturated heterocycles. The molecule has 1 rings (SSSR count). The predicted molar refractivity (Wildman–Crippen MR) is 81.0 cm³/mol. The second-order valence-electron chi connectivity index (χ2n) is 6.45. The molecule has 1 heterocycles. The summed E-state index contributed by atoms with van der Waals surface area (Å²) < 4.78 is 10.5. The summed E-state index contributed by atoms with van der Waals surface area (Å²) in [5.41, 5.74) is 0.254. The van der Waals surface area contributed by atoms with Gasteiger partial charge in [-0.3, -0.25) is 0 Å². The van der Waals surface area contributed by atoms with Crippen LogP contribution in [0.25, 0.3) is 0 Å². The first kappa shape index (κ1) is 17.9. The van der Waals surface area contributed by atoms with Crippen LogP contribution >= 0.6 is 0 Å². The van der Waals surface area contributed by atoms with E-state index in [1.807, 2.05) is 0 Å². The molecule has 0 aromatic heterocycles. The average molecular weight is 288 g/mol. The van der Waals surface area contributed by atoms with Crippen LogP contribution in [0.4, 0.5) is 0 Å². The topological polar surface area (TPSA) is 54.0 Å². The van der Waals surface area contributed by atoms with Crippen molar-refractivity contribution >= 4 is 0 Å². The summed E-state index contributed by atoms with van der Waals surface area (Å²) in [4.78, 5) is 2.22. The third kappa shape index (κ3) is 6.50. The zero-order chi connectivity index (χ0) is 15.0. The van der Waals surface area contributed by atoms with Crippen molar-refractivity contribution in [1.29, 1.82) is 0 Å². The van der Waals surface area contributed by atoms with Crippen LogP contribution in [0.1, 0.15) is 26.7 Å². The molecular weight excluding hydrogens is 256 g/mol. The van der Waals surface area contributed by atoms with E-state index >= 15 is 0 Å². The Labute approximate surface area is 123 Å². The van der Waals surface area contributed by atoms with Crippen LogP contribution in [0.3, 0.4) is 0 Å². The number of nitrogens with zero attached hydrogens (tertiary/aromatic N) is 1. The number of aliphatic hydroxyl groups is 1. The Bertz CT molecular complexity index is 256. The van der Waals surface area contributed by atoms with E-state index < -0.39 is 6.10 Å². The molecule has 1 unspecified atom stereocenters. The number of methoxy groups -OCH3 is 1. The fraction of sp³-hybridized carbons (Fsp3) is 1.00. The monoisotopic (exact) mass is 288 g/mol. The Hall–Kier alpha value is -0.200. The molecule has 5 heteroatoms. The quantitative estimate of drug-likeness (QED) is 0.655. The highest BCUT2D eigenvalue weighted by Crippen LogP contribution is 2.30. The Morgan fingerprint density at radius 1 is 1.35 bits per heavy atom. The molecule has 2 N–H and O–H groups in total. The normalized spacial score (nSPS) is 20.6. The molecule has 5 nitrogen and oxygen atoms in total. The minimum Gasteiger partial charge on any atom is -0.389 e. The fourth-order valence-electron chi connectivity index (χ4n) is 2.86. The van der Waals surface area contributed by atoms with Crippen molar-refractivity contribution < 1.29 is 14.6 Å². The Morgan fingerprint density at radius 3 is 2.55 bits per heavy atom.